The van der Waals surface area contributed by atoms with Crippen molar-refractivity contribution in [1.29, 1.82) is 0 Å². The molecule has 4 nitrogen and oxygen atoms in total. The Labute approximate surface area is 119 Å². The monoisotopic (exact) mass is 271 g/mol. The van der Waals surface area contributed by atoms with E-state index in [0.717, 1.165) is 32.0 Å². The molecule has 0 amide bonds. The lowest BCUT2D eigenvalue weighted by atomic mass is 9.91. The topological polar surface area (TPSA) is 38.7 Å². The lowest BCUT2D eigenvalue weighted by molar-refractivity contribution is 0.141. The van der Waals surface area contributed by atoms with Gasteiger partial charge in [0.25, 0.3) is 0 Å². The van der Waals surface area contributed by atoms with E-state index >= 15 is 0 Å². The van der Waals surface area contributed by atoms with Gasteiger partial charge in [0.05, 0.1) is 6.61 Å². The number of aliphatic hydroxyl groups excluding tert-OH is 1. The second-order valence-electron chi connectivity index (χ2n) is 6.13. The average Bonchev–Trinajstić information content (AvgIpc) is 2.87. The lowest BCUT2D eigenvalue weighted by Crippen LogP contribution is -2.48. The van der Waals surface area contributed by atoms with E-state index in [1.165, 1.54) is 25.9 Å². The van der Waals surface area contributed by atoms with Gasteiger partial charge in [-0.25, -0.2) is 0 Å². The van der Waals surface area contributed by atoms with Gasteiger partial charge in [-0.3, -0.25) is 0 Å². The highest BCUT2D eigenvalue weighted by Crippen LogP contribution is 2.19. The molecule has 0 bridgehead atoms. The number of likely N-dealkylation sites (N-methyl/N-ethyl adjacent to an activating group) is 2. The maximum Gasteiger partial charge on any atom is 0.0613 e. The molecule has 0 aromatic carbocycles. The molecule has 1 heterocycles. The van der Waals surface area contributed by atoms with Crippen LogP contribution in [0, 0.1) is 0 Å². The zero-order valence-corrected chi connectivity index (χ0v) is 13.3. The fourth-order valence-corrected chi connectivity index (χ4v) is 3.09. The van der Waals surface area contributed by atoms with Gasteiger partial charge >= 0.3 is 0 Å². The van der Waals surface area contributed by atoms with Gasteiger partial charge in [0.2, 0.25) is 0 Å². The molecule has 0 aromatic heterocycles. The normalized spacial score (nSPS) is 24.0. The van der Waals surface area contributed by atoms with Crippen molar-refractivity contribution in [3.8, 4) is 0 Å². The minimum Gasteiger partial charge on any atom is -0.394 e. The minimum atomic E-state index is -0.0601. The second-order valence-corrected chi connectivity index (χ2v) is 6.13. The van der Waals surface area contributed by atoms with E-state index in [4.69, 9.17) is 0 Å². The van der Waals surface area contributed by atoms with Crippen LogP contribution in [0.4, 0.5) is 0 Å². The molecular formula is C15H33N3O. The molecule has 114 valence electrons. The molecule has 1 rings (SSSR count). The molecule has 2 N–H and O–H groups in total. The van der Waals surface area contributed by atoms with Crippen LogP contribution in [0.5, 0.6) is 0 Å². The van der Waals surface area contributed by atoms with E-state index in [9.17, 15) is 5.11 Å². The summed E-state index contributed by atoms with van der Waals surface area (Å²) in [7, 11) is 4.35. The van der Waals surface area contributed by atoms with E-state index in [1.807, 2.05) is 0 Å². The van der Waals surface area contributed by atoms with Gasteiger partial charge in [-0.05, 0) is 59.4 Å². The van der Waals surface area contributed by atoms with Crippen molar-refractivity contribution in [3.05, 3.63) is 0 Å². The first kappa shape index (κ1) is 16.9. The van der Waals surface area contributed by atoms with Crippen LogP contribution in [-0.2, 0) is 0 Å². The van der Waals surface area contributed by atoms with Crippen LogP contribution in [0.15, 0.2) is 0 Å². The summed E-state index contributed by atoms with van der Waals surface area (Å²) in [5.74, 6) is 0. The SMILES string of the molecule is CCNC(CC)(CO)CCCN1CCC(N(C)C)C1. The standard InChI is InChI=1S/C15H33N3O/c1-5-15(13-19,16-6-2)9-7-10-18-11-8-14(12-18)17(3)4/h14,16,19H,5-13H2,1-4H3. The molecule has 2 unspecified atom stereocenters. The number of nitrogens with zero attached hydrogens (tertiary/aromatic N) is 2. The number of nitrogens with one attached hydrogen (secondary N) is 1. The Balaban J connectivity index is 2.29. The molecule has 0 aliphatic carbocycles. The Bertz CT molecular complexity index is 242. The highest BCUT2D eigenvalue weighted by molar-refractivity contribution is 4.87. The molecule has 0 radical (unpaired) electrons. The summed E-state index contributed by atoms with van der Waals surface area (Å²) in [6.07, 6.45) is 4.52. The first-order valence-electron chi connectivity index (χ1n) is 7.81. The molecule has 4 heteroatoms. The van der Waals surface area contributed by atoms with E-state index in [0.29, 0.717) is 0 Å². The summed E-state index contributed by atoms with van der Waals surface area (Å²) >= 11 is 0. The van der Waals surface area contributed by atoms with Gasteiger partial charge in [0, 0.05) is 18.1 Å². The first-order chi connectivity index (χ1) is 9.06. The molecular weight excluding hydrogens is 238 g/mol. The number of hydrogen-bond acceptors (Lipinski definition) is 4. The molecule has 1 aliphatic rings. The maximum atomic E-state index is 9.63. The van der Waals surface area contributed by atoms with Crippen molar-refractivity contribution in [2.24, 2.45) is 0 Å². The van der Waals surface area contributed by atoms with Crippen LogP contribution < -0.4 is 5.32 Å². The quantitative estimate of drug-likeness (QED) is 0.660. The summed E-state index contributed by atoms with van der Waals surface area (Å²) in [4.78, 5) is 4.90. The highest BCUT2D eigenvalue weighted by Gasteiger charge is 2.27. The highest BCUT2D eigenvalue weighted by atomic mass is 16.3. The minimum absolute atomic E-state index is 0.0601. The predicted molar refractivity (Wildman–Crippen MR) is 81.6 cm³/mol. The number of likely N-dealkylation sites (tertiary alicyclic amines) is 1. The predicted octanol–water partition coefficient (Wildman–Crippen LogP) is 1.15. The Morgan fingerprint density at radius 2 is 2.11 bits per heavy atom. The van der Waals surface area contributed by atoms with Crippen LogP contribution in [0.3, 0.4) is 0 Å². The van der Waals surface area contributed by atoms with Crippen molar-refractivity contribution >= 4 is 0 Å². The largest absolute Gasteiger partial charge is 0.394 e. The second kappa shape index (κ2) is 8.20. The van der Waals surface area contributed by atoms with Gasteiger partial charge in [-0.1, -0.05) is 13.8 Å². The molecule has 1 saturated heterocycles. The van der Waals surface area contributed by atoms with Crippen LogP contribution >= 0.6 is 0 Å². The smallest absolute Gasteiger partial charge is 0.0613 e. The number of aliphatic hydroxyl groups is 1. The van der Waals surface area contributed by atoms with E-state index in [1.54, 1.807) is 0 Å². The van der Waals surface area contributed by atoms with E-state index in [-0.39, 0.29) is 12.1 Å². The summed E-state index contributed by atoms with van der Waals surface area (Å²) in [6.45, 7) is 9.05. The average molecular weight is 271 g/mol. The molecule has 19 heavy (non-hydrogen) atoms. The fourth-order valence-electron chi connectivity index (χ4n) is 3.09. The van der Waals surface area contributed by atoms with Crippen LogP contribution in [0.2, 0.25) is 0 Å². The van der Waals surface area contributed by atoms with Crippen molar-refractivity contribution in [3.63, 3.8) is 0 Å². The molecule has 0 spiro atoms. The summed E-state index contributed by atoms with van der Waals surface area (Å²) in [6, 6.07) is 0.725. The number of rotatable bonds is 9. The van der Waals surface area contributed by atoms with Crippen molar-refractivity contribution in [2.45, 2.75) is 51.1 Å². The Kier molecular flexibility index (Phi) is 7.29. The first-order valence-corrected chi connectivity index (χ1v) is 7.81. The van der Waals surface area contributed by atoms with Crippen molar-refractivity contribution < 1.29 is 5.11 Å². The van der Waals surface area contributed by atoms with Gasteiger partial charge in [-0.2, -0.15) is 0 Å². The Hall–Kier alpha value is -0.160. The molecule has 1 aliphatic heterocycles. The zero-order chi connectivity index (χ0) is 14.3. The molecule has 1 fully saturated rings. The number of hydrogen-bond donors (Lipinski definition) is 2. The Morgan fingerprint density at radius 1 is 1.37 bits per heavy atom. The summed E-state index contributed by atoms with van der Waals surface area (Å²) in [5, 5.41) is 13.1. The van der Waals surface area contributed by atoms with Crippen LogP contribution in [0.25, 0.3) is 0 Å². The van der Waals surface area contributed by atoms with E-state index < -0.39 is 0 Å². The summed E-state index contributed by atoms with van der Waals surface area (Å²) in [5.41, 5.74) is -0.0601. The molecule has 0 aromatic rings. The third-order valence-corrected chi connectivity index (χ3v) is 4.64. The van der Waals surface area contributed by atoms with Crippen molar-refractivity contribution in [2.75, 3.05) is 46.9 Å². The van der Waals surface area contributed by atoms with Gasteiger partial charge in [-0.15, -0.1) is 0 Å². The Morgan fingerprint density at radius 3 is 2.58 bits per heavy atom. The van der Waals surface area contributed by atoms with Gasteiger partial charge < -0.3 is 20.2 Å². The summed E-state index contributed by atoms with van der Waals surface area (Å²) < 4.78 is 0. The third kappa shape index (κ3) is 5.03. The van der Waals surface area contributed by atoms with Crippen LogP contribution in [-0.4, -0.2) is 73.4 Å². The fraction of sp³-hybridized carbons (Fsp3) is 1.00. The molecule has 2 atom stereocenters. The molecule has 0 saturated carbocycles. The van der Waals surface area contributed by atoms with Crippen LogP contribution in [0.1, 0.15) is 39.5 Å². The lowest BCUT2D eigenvalue weighted by Gasteiger charge is -2.32. The maximum absolute atomic E-state index is 9.63. The third-order valence-electron chi connectivity index (χ3n) is 4.64. The van der Waals surface area contributed by atoms with Gasteiger partial charge in [0.15, 0.2) is 0 Å². The van der Waals surface area contributed by atoms with E-state index in [2.05, 4.69) is 43.1 Å². The van der Waals surface area contributed by atoms with Gasteiger partial charge in [0.1, 0.15) is 0 Å². The zero-order valence-electron chi connectivity index (χ0n) is 13.3. The van der Waals surface area contributed by atoms with Crippen molar-refractivity contribution in [1.82, 2.24) is 15.1 Å².